The summed E-state index contributed by atoms with van der Waals surface area (Å²) in [6, 6.07) is 33.2. The van der Waals surface area contributed by atoms with Crippen LogP contribution in [0.1, 0.15) is 68.6 Å². The van der Waals surface area contributed by atoms with E-state index in [2.05, 4.69) is 97.9 Å². The van der Waals surface area contributed by atoms with Crippen molar-refractivity contribution in [3.63, 3.8) is 0 Å². The van der Waals surface area contributed by atoms with Crippen LogP contribution in [0, 0.1) is 0 Å². The smallest absolute Gasteiger partial charge is 0.0451 e. The maximum absolute atomic E-state index is 2.30. The van der Waals surface area contributed by atoms with E-state index < -0.39 is 0 Å². The molecule has 0 bridgehead atoms. The molecule has 0 N–H and O–H groups in total. The lowest BCUT2D eigenvalue weighted by Crippen LogP contribution is -2.29. The van der Waals surface area contributed by atoms with E-state index in [1.165, 1.54) is 55.2 Å². The van der Waals surface area contributed by atoms with Crippen molar-refractivity contribution in [2.75, 3.05) is 0 Å². The predicted octanol–water partition coefficient (Wildman–Crippen LogP) is 7.77. The average Bonchev–Trinajstić information content (AvgIpc) is 2.75. The molecule has 140 valence electrons. The van der Waals surface area contributed by atoms with Crippen LogP contribution in [0.3, 0.4) is 0 Å². The van der Waals surface area contributed by atoms with Gasteiger partial charge in [0, 0.05) is 5.41 Å². The Morgan fingerprint density at radius 1 is 0.481 bits per heavy atom. The van der Waals surface area contributed by atoms with Gasteiger partial charge in [0.2, 0.25) is 0 Å². The van der Waals surface area contributed by atoms with Gasteiger partial charge in [-0.05, 0) is 23.1 Å². The van der Waals surface area contributed by atoms with Crippen molar-refractivity contribution >= 4 is 0 Å². The first-order valence-corrected chi connectivity index (χ1v) is 10.5. The summed E-state index contributed by atoms with van der Waals surface area (Å²) in [7, 11) is 0. The molecule has 0 heterocycles. The minimum atomic E-state index is -0.0749. The standard InChI is InChI=1S/C27H32/c1-2-3-4-5-6-16-23-27(24-17-10-7-11-18-24,25-19-12-8-13-20-25)26-21-14-9-15-22-26/h7-15,17-22H,2-6,16,23H2,1H3. The highest BCUT2D eigenvalue weighted by Crippen LogP contribution is 2.43. The van der Waals surface area contributed by atoms with Gasteiger partial charge in [-0.3, -0.25) is 0 Å². The maximum atomic E-state index is 2.30. The van der Waals surface area contributed by atoms with Crippen LogP contribution in [0.2, 0.25) is 0 Å². The van der Waals surface area contributed by atoms with E-state index in [-0.39, 0.29) is 5.41 Å². The second-order valence-electron chi connectivity index (χ2n) is 7.52. The van der Waals surface area contributed by atoms with E-state index in [1.807, 2.05) is 0 Å². The second-order valence-corrected chi connectivity index (χ2v) is 7.52. The summed E-state index contributed by atoms with van der Waals surface area (Å²) in [5.41, 5.74) is 4.12. The Labute approximate surface area is 165 Å². The fraction of sp³-hybridized carbons (Fsp3) is 0.333. The van der Waals surface area contributed by atoms with E-state index in [1.54, 1.807) is 0 Å². The van der Waals surface area contributed by atoms with Crippen LogP contribution in [0.5, 0.6) is 0 Å². The average molecular weight is 357 g/mol. The molecule has 3 aromatic rings. The molecule has 0 heteroatoms. The highest BCUT2D eigenvalue weighted by molar-refractivity contribution is 5.50. The summed E-state index contributed by atoms with van der Waals surface area (Å²) in [5, 5.41) is 0. The Kier molecular flexibility index (Phi) is 7.27. The fourth-order valence-electron chi connectivity index (χ4n) is 4.27. The van der Waals surface area contributed by atoms with E-state index in [4.69, 9.17) is 0 Å². The second kappa shape index (κ2) is 10.1. The third-order valence-electron chi connectivity index (χ3n) is 5.71. The summed E-state index contributed by atoms with van der Waals surface area (Å²) >= 11 is 0. The van der Waals surface area contributed by atoms with E-state index in [9.17, 15) is 0 Å². The van der Waals surface area contributed by atoms with E-state index >= 15 is 0 Å². The minimum absolute atomic E-state index is 0.0749. The Hall–Kier alpha value is -2.34. The molecule has 0 aliphatic rings. The van der Waals surface area contributed by atoms with E-state index in [0.717, 1.165) is 6.42 Å². The normalized spacial score (nSPS) is 11.4. The van der Waals surface area contributed by atoms with Gasteiger partial charge in [0.05, 0.1) is 0 Å². The van der Waals surface area contributed by atoms with Crippen LogP contribution in [-0.4, -0.2) is 0 Å². The molecule has 0 saturated heterocycles. The van der Waals surface area contributed by atoms with Crippen molar-refractivity contribution in [3.8, 4) is 0 Å². The third-order valence-corrected chi connectivity index (χ3v) is 5.71. The van der Waals surface area contributed by atoms with Gasteiger partial charge in [-0.15, -0.1) is 0 Å². The Morgan fingerprint density at radius 3 is 1.26 bits per heavy atom. The molecular weight excluding hydrogens is 324 g/mol. The SMILES string of the molecule is CCCCCCCCC(c1ccccc1)(c1ccccc1)c1ccccc1. The van der Waals surface area contributed by atoms with Crippen molar-refractivity contribution in [2.24, 2.45) is 0 Å². The van der Waals surface area contributed by atoms with Crippen LogP contribution < -0.4 is 0 Å². The number of unbranched alkanes of at least 4 members (excludes halogenated alkanes) is 5. The monoisotopic (exact) mass is 356 g/mol. The van der Waals surface area contributed by atoms with Crippen molar-refractivity contribution < 1.29 is 0 Å². The molecule has 0 amide bonds. The number of benzene rings is 3. The first-order valence-electron chi connectivity index (χ1n) is 10.5. The van der Waals surface area contributed by atoms with Crippen molar-refractivity contribution in [1.29, 1.82) is 0 Å². The molecule has 0 aromatic heterocycles. The first kappa shape index (κ1) is 19.4. The number of hydrogen-bond acceptors (Lipinski definition) is 0. The Balaban J connectivity index is 1.98. The summed E-state index contributed by atoms with van der Waals surface area (Å²) < 4.78 is 0. The molecule has 0 fully saturated rings. The minimum Gasteiger partial charge on any atom is -0.0654 e. The molecule has 0 saturated carbocycles. The van der Waals surface area contributed by atoms with Gasteiger partial charge in [0.25, 0.3) is 0 Å². The highest BCUT2D eigenvalue weighted by Gasteiger charge is 2.35. The molecule has 3 aromatic carbocycles. The number of hydrogen-bond donors (Lipinski definition) is 0. The highest BCUT2D eigenvalue weighted by atomic mass is 14.4. The lowest BCUT2D eigenvalue weighted by molar-refractivity contribution is 0.499. The molecule has 3 rings (SSSR count). The fourth-order valence-corrected chi connectivity index (χ4v) is 4.27. The molecular formula is C27H32. The predicted molar refractivity (Wildman–Crippen MR) is 117 cm³/mol. The Bertz CT molecular complexity index is 662. The third kappa shape index (κ3) is 4.69. The molecule has 27 heavy (non-hydrogen) atoms. The van der Waals surface area contributed by atoms with Crippen molar-refractivity contribution in [2.45, 2.75) is 57.3 Å². The lowest BCUT2D eigenvalue weighted by Gasteiger charge is -2.36. The van der Waals surface area contributed by atoms with Gasteiger partial charge >= 0.3 is 0 Å². The van der Waals surface area contributed by atoms with Crippen molar-refractivity contribution in [3.05, 3.63) is 108 Å². The largest absolute Gasteiger partial charge is 0.0654 e. The Morgan fingerprint density at radius 2 is 0.852 bits per heavy atom. The summed E-state index contributed by atoms with van der Waals surface area (Å²) in [5.74, 6) is 0. The molecule has 0 unspecified atom stereocenters. The number of rotatable bonds is 10. The topological polar surface area (TPSA) is 0 Å². The van der Waals surface area contributed by atoms with Gasteiger partial charge in [-0.25, -0.2) is 0 Å². The van der Waals surface area contributed by atoms with E-state index in [0.29, 0.717) is 0 Å². The van der Waals surface area contributed by atoms with Crippen molar-refractivity contribution in [1.82, 2.24) is 0 Å². The molecule has 0 atom stereocenters. The van der Waals surface area contributed by atoms with Crippen LogP contribution in [0.15, 0.2) is 91.0 Å². The lowest BCUT2D eigenvalue weighted by atomic mass is 9.66. The molecule has 0 nitrogen and oxygen atoms in total. The summed E-state index contributed by atoms with van der Waals surface area (Å²) in [4.78, 5) is 0. The molecule has 0 aliphatic carbocycles. The first-order chi connectivity index (χ1) is 13.4. The summed E-state index contributed by atoms with van der Waals surface area (Å²) in [6.45, 7) is 2.28. The molecule has 0 radical (unpaired) electrons. The van der Waals surface area contributed by atoms with Gasteiger partial charge in [0.1, 0.15) is 0 Å². The zero-order valence-electron chi connectivity index (χ0n) is 16.6. The van der Waals surface area contributed by atoms with Crippen LogP contribution in [0.4, 0.5) is 0 Å². The maximum Gasteiger partial charge on any atom is 0.0451 e. The van der Waals surface area contributed by atoms with Gasteiger partial charge < -0.3 is 0 Å². The molecule has 0 aliphatic heterocycles. The van der Waals surface area contributed by atoms with Crippen LogP contribution in [-0.2, 0) is 5.41 Å². The van der Waals surface area contributed by atoms with Gasteiger partial charge in [-0.1, -0.05) is 136 Å². The zero-order chi connectivity index (χ0) is 18.8. The summed E-state index contributed by atoms with van der Waals surface area (Å²) in [6.07, 6.45) is 9.10. The zero-order valence-corrected chi connectivity index (χ0v) is 16.6. The molecule has 0 spiro atoms. The van der Waals surface area contributed by atoms with Gasteiger partial charge in [0.15, 0.2) is 0 Å². The van der Waals surface area contributed by atoms with Gasteiger partial charge in [-0.2, -0.15) is 0 Å². The quantitative estimate of drug-likeness (QED) is 0.257. The van der Waals surface area contributed by atoms with Crippen LogP contribution in [0.25, 0.3) is 0 Å². The van der Waals surface area contributed by atoms with Crippen LogP contribution >= 0.6 is 0 Å².